The van der Waals surface area contributed by atoms with Gasteiger partial charge >= 0.3 is 0 Å². The van der Waals surface area contributed by atoms with Gasteiger partial charge < -0.3 is 24.4 Å². The average Bonchev–Trinajstić information content (AvgIpc) is 3.12. The molecule has 188 valence electrons. The van der Waals surface area contributed by atoms with Crippen molar-refractivity contribution in [2.75, 3.05) is 30.4 Å². The number of anilines is 2. The average molecular weight is 487 g/mol. The predicted octanol–water partition coefficient (Wildman–Crippen LogP) is 5.66. The number of carbonyl (C=O) groups excluding carboxylic acids is 1. The highest BCUT2D eigenvalue weighted by Gasteiger charge is 2.47. The third-order valence-electron chi connectivity index (χ3n) is 8.08. The van der Waals surface area contributed by atoms with E-state index in [4.69, 9.17) is 14.9 Å². The van der Waals surface area contributed by atoms with E-state index >= 15 is 0 Å². The van der Waals surface area contributed by atoms with Gasteiger partial charge in [0.05, 0.1) is 17.6 Å². The van der Waals surface area contributed by atoms with Gasteiger partial charge in [-0.25, -0.2) is 4.98 Å². The fraction of sp³-hybridized carbons (Fsp3) is 0.692. The molecule has 1 aliphatic heterocycles. The first-order valence-electron chi connectivity index (χ1n) is 13.0. The highest BCUT2D eigenvalue weighted by atomic mass is 28.4. The van der Waals surface area contributed by atoms with Crippen LogP contribution in [0.15, 0.2) is 18.2 Å². The number of ether oxygens (including phenoxy) is 1. The topological polar surface area (TPSA) is 82.6 Å². The van der Waals surface area contributed by atoms with E-state index in [0.717, 1.165) is 42.4 Å². The molecule has 1 saturated heterocycles. The van der Waals surface area contributed by atoms with Crippen molar-refractivity contribution in [2.45, 2.75) is 96.0 Å². The molecule has 2 aliphatic rings. The summed E-state index contributed by atoms with van der Waals surface area (Å²) in [5.41, 5.74) is 11.0. The first-order chi connectivity index (χ1) is 16.1. The molecule has 1 aromatic carbocycles. The maximum absolute atomic E-state index is 12.2. The fourth-order valence-electron chi connectivity index (χ4n) is 6.57. The Bertz CT molecular complexity index is 989. The molecule has 0 unspecified atom stereocenters. The molecule has 0 atom stereocenters. The summed E-state index contributed by atoms with van der Waals surface area (Å²) in [7, 11) is -1.87. The van der Waals surface area contributed by atoms with E-state index in [9.17, 15) is 4.79 Å². The summed E-state index contributed by atoms with van der Waals surface area (Å²) in [5.74, 6) is 0.542. The van der Waals surface area contributed by atoms with Gasteiger partial charge in [-0.15, -0.1) is 0 Å². The van der Waals surface area contributed by atoms with Gasteiger partial charge in [0.25, 0.3) is 5.91 Å². The highest BCUT2D eigenvalue weighted by molar-refractivity contribution is 6.77. The normalized spacial score (nSPS) is 22.5. The summed E-state index contributed by atoms with van der Waals surface area (Å²) in [6.45, 7) is 15.4. The van der Waals surface area contributed by atoms with Crippen LogP contribution in [0.4, 0.5) is 11.6 Å². The van der Waals surface area contributed by atoms with Gasteiger partial charge in [-0.2, -0.15) is 0 Å². The molecule has 0 bridgehead atoms. The van der Waals surface area contributed by atoms with Crippen molar-refractivity contribution in [1.82, 2.24) is 9.55 Å². The summed E-state index contributed by atoms with van der Waals surface area (Å²) < 4.78 is 14.5. The molecule has 1 amide bonds. The third kappa shape index (κ3) is 4.52. The number of nitrogens with two attached hydrogens (primary N) is 1. The standard InChI is InChI=1S/C26H42N4O3Si/c1-17(2)34(18(3)4,19(5)6)33-22-10-7-20(8-11-22)30-24-12-9-21(15-23(24)28-26(30)27)29-13-14-32-16-25(29)31/h9,12,15,17-20,22H,7-8,10-11,13-14,16H2,1-6H3,(H2,27,28)/t20-,22+. The fourth-order valence-corrected chi connectivity index (χ4v) is 12.2. The summed E-state index contributed by atoms with van der Waals surface area (Å²) >= 11 is 0. The number of hydrogen-bond acceptors (Lipinski definition) is 5. The highest BCUT2D eigenvalue weighted by Crippen LogP contribution is 2.45. The number of morpholine rings is 1. The maximum atomic E-state index is 12.2. The van der Waals surface area contributed by atoms with Gasteiger partial charge in [-0.3, -0.25) is 4.79 Å². The minimum atomic E-state index is -1.87. The Hall–Kier alpha value is -1.90. The second-order valence-corrected chi connectivity index (χ2v) is 16.4. The minimum absolute atomic E-state index is 0.0138. The summed E-state index contributed by atoms with van der Waals surface area (Å²) in [5, 5.41) is 0. The zero-order valence-electron chi connectivity index (χ0n) is 21.7. The Kier molecular flexibility index (Phi) is 7.40. The molecular weight excluding hydrogens is 444 g/mol. The van der Waals surface area contributed by atoms with Crippen molar-refractivity contribution < 1.29 is 14.0 Å². The Morgan fingerprint density at radius 1 is 1.06 bits per heavy atom. The number of amides is 1. The number of benzene rings is 1. The van der Waals surface area contributed by atoms with E-state index < -0.39 is 8.32 Å². The molecule has 34 heavy (non-hydrogen) atoms. The first kappa shape index (κ1) is 25.2. The van der Waals surface area contributed by atoms with E-state index in [2.05, 4.69) is 57.2 Å². The molecule has 0 spiro atoms. The minimum Gasteiger partial charge on any atom is -0.413 e. The van der Waals surface area contributed by atoms with Crippen LogP contribution >= 0.6 is 0 Å². The summed E-state index contributed by atoms with van der Waals surface area (Å²) in [6, 6.07) is 6.38. The Morgan fingerprint density at radius 3 is 2.29 bits per heavy atom. The lowest BCUT2D eigenvalue weighted by molar-refractivity contribution is -0.125. The molecule has 2 aromatic rings. The molecular formula is C26H42N4O3Si. The number of hydrogen-bond donors (Lipinski definition) is 1. The zero-order valence-corrected chi connectivity index (χ0v) is 22.7. The number of fused-ring (bicyclic) bond motifs is 1. The second kappa shape index (κ2) is 9.99. The number of carbonyl (C=O) groups is 1. The number of nitrogen functional groups attached to an aromatic ring is 1. The van der Waals surface area contributed by atoms with Crippen molar-refractivity contribution >= 4 is 36.9 Å². The van der Waals surface area contributed by atoms with Gasteiger partial charge in [-0.1, -0.05) is 41.5 Å². The van der Waals surface area contributed by atoms with Gasteiger partial charge in [0.1, 0.15) is 6.61 Å². The van der Waals surface area contributed by atoms with Gasteiger partial charge in [0, 0.05) is 24.4 Å². The number of nitrogens with zero attached hydrogens (tertiary/aromatic N) is 3. The molecule has 1 saturated carbocycles. The maximum Gasteiger partial charge on any atom is 0.253 e. The van der Waals surface area contributed by atoms with Crippen LogP contribution in [0.5, 0.6) is 0 Å². The zero-order chi connectivity index (χ0) is 24.6. The van der Waals surface area contributed by atoms with Gasteiger partial charge in [-0.05, 0) is 60.5 Å². The smallest absolute Gasteiger partial charge is 0.253 e. The van der Waals surface area contributed by atoms with E-state index in [1.165, 1.54) is 0 Å². The van der Waals surface area contributed by atoms with Crippen molar-refractivity contribution in [2.24, 2.45) is 0 Å². The Labute approximate surface area is 205 Å². The molecule has 1 aliphatic carbocycles. The Balaban J connectivity index is 1.50. The summed E-state index contributed by atoms with van der Waals surface area (Å²) in [6.07, 6.45) is 4.55. The number of imidazole rings is 1. The van der Waals surface area contributed by atoms with E-state index in [1.807, 2.05) is 12.1 Å². The summed E-state index contributed by atoms with van der Waals surface area (Å²) in [4.78, 5) is 18.7. The van der Waals surface area contributed by atoms with Crippen molar-refractivity contribution in [3.05, 3.63) is 18.2 Å². The lowest BCUT2D eigenvalue weighted by atomic mass is 9.93. The third-order valence-corrected chi connectivity index (χ3v) is 14.2. The second-order valence-electron chi connectivity index (χ2n) is 11.0. The van der Waals surface area contributed by atoms with Crippen LogP contribution in [0, 0.1) is 0 Å². The molecule has 8 heteroatoms. The van der Waals surface area contributed by atoms with Crippen LogP contribution in [0.3, 0.4) is 0 Å². The molecule has 2 heterocycles. The van der Waals surface area contributed by atoms with Crippen LogP contribution in [0.2, 0.25) is 16.6 Å². The van der Waals surface area contributed by atoms with Crippen molar-refractivity contribution in [3.8, 4) is 0 Å². The molecule has 2 N–H and O–H groups in total. The SMILES string of the molecule is CC(C)[Si](O[C@H]1CC[C@@H](n2c(N)nc3cc(N4CCOCC4=O)ccc32)CC1)(C(C)C)C(C)C. The monoisotopic (exact) mass is 486 g/mol. The number of rotatable bonds is 7. The van der Waals surface area contributed by atoms with Gasteiger partial charge in [0.2, 0.25) is 14.3 Å². The van der Waals surface area contributed by atoms with Crippen LogP contribution in [-0.2, 0) is 14.0 Å². The van der Waals surface area contributed by atoms with E-state index in [1.54, 1.807) is 4.90 Å². The van der Waals surface area contributed by atoms with Gasteiger partial charge in [0.15, 0.2) is 0 Å². The van der Waals surface area contributed by atoms with Crippen LogP contribution in [0.25, 0.3) is 11.0 Å². The van der Waals surface area contributed by atoms with Crippen LogP contribution in [-0.4, -0.2) is 49.6 Å². The first-order valence-corrected chi connectivity index (χ1v) is 15.1. The quantitative estimate of drug-likeness (QED) is 0.511. The lowest BCUT2D eigenvalue weighted by Crippen LogP contribution is -2.50. The molecule has 2 fully saturated rings. The van der Waals surface area contributed by atoms with Crippen LogP contribution in [0.1, 0.15) is 73.3 Å². The molecule has 1 aromatic heterocycles. The predicted molar refractivity (Wildman–Crippen MR) is 141 cm³/mol. The number of aromatic nitrogens is 2. The lowest BCUT2D eigenvalue weighted by Gasteiger charge is -2.46. The van der Waals surface area contributed by atoms with Crippen molar-refractivity contribution in [3.63, 3.8) is 0 Å². The largest absolute Gasteiger partial charge is 0.413 e. The van der Waals surface area contributed by atoms with Crippen molar-refractivity contribution in [1.29, 1.82) is 0 Å². The Morgan fingerprint density at radius 2 is 1.71 bits per heavy atom. The molecule has 0 radical (unpaired) electrons. The molecule has 7 nitrogen and oxygen atoms in total. The van der Waals surface area contributed by atoms with E-state index in [0.29, 0.717) is 47.9 Å². The molecule has 4 rings (SSSR count). The van der Waals surface area contributed by atoms with E-state index in [-0.39, 0.29) is 12.5 Å². The van der Waals surface area contributed by atoms with Crippen LogP contribution < -0.4 is 10.6 Å².